The van der Waals surface area contributed by atoms with E-state index < -0.39 is 0 Å². The summed E-state index contributed by atoms with van der Waals surface area (Å²) < 4.78 is 5.72. The van der Waals surface area contributed by atoms with Crippen molar-refractivity contribution >= 4 is 35.8 Å². The zero-order valence-corrected chi connectivity index (χ0v) is 21.2. The van der Waals surface area contributed by atoms with Crippen molar-refractivity contribution in [3.05, 3.63) is 35.4 Å². The van der Waals surface area contributed by atoms with Crippen LogP contribution in [0.1, 0.15) is 50.0 Å². The van der Waals surface area contributed by atoms with Gasteiger partial charge in [0.1, 0.15) is 0 Å². The monoisotopic (exact) mass is 516 g/mol. The third kappa shape index (κ3) is 5.84. The van der Waals surface area contributed by atoms with Gasteiger partial charge in [0.25, 0.3) is 5.91 Å². The minimum absolute atomic E-state index is 0. The molecule has 0 radical (unpaired) electrons. The molecule has 164 valence electrons. The van der Waals surface area contributed by atoms with E-state index in [9.17, 15) is 4.79 Å². The van der Waals surface area contributed by atoms with Gasteiger partial charge in [-0.2, -0.15) is 0 Å². The van der Waals surface area contributed by atoms with E-state index in [0.29, 0.717) is 18.2 Å². The van der Waals surface area contributed by atoms with Gasteiger partial charge < -0.3 is 20.3 Å². The van der Waals surface area contributed by atoms with Gasteiger partial charge in [-0.25, -0.2) is 0 Å². The van der Waals surface area contributed by atoms with E-state index in [1.807, 2.05) is 24.3 Å². The van der Waals surface area contributed by atoms with E-state index in [2.05, 4.69) is 38.3 Å². The van der Waals surface area contributed by atoms with Gasteiger partial charge in [0, 0.05) is 51.3 Å². The van der Waals surface area contributed by atoms with Crippen molar-refractivity contribution in [2.24, 2.45) is 10.4 Å². The van der Waals surface area contributed by atoms with Crippen LogP contribution in [0.25, 0.3) is 0 Å². The Kier molecular flexibility index (Phi) is 9.40. The zero-order valence-electron chi connectivity index (χ0n) is 18.8. The van der Waals surface area contributed by atoms with Crippen molar-refractivity contribution < 1.29 is 9.53 Å². The summed E-state index contributed by atoms with van der Waals surface area (Å²) in [5.74, 6) is 0.855. The summed E-state index contributed by atoms with van der Waals surface area (Å²) in [5.41, 5.74) is 1.75. The second kappa shape index (κ2) is 10.6. The minimum Gasteiger partial charge on any atom is -0.378 e. The molecule has 0 saturated heterocycles. The molecule has 7 heteroatoms. The first-order valence-corrected chi connectivity index (χ1v) is 10.0. The lowest BCUT2D eigenvalue weighted by Gasteiger charge is -2.59. The number of hydrogen-bond acceptors (Lipinski definition) is 3. The standard InChI is InChI=1S/C22H36N4O2.HI/c1-8-23-20(25-18-15-22(4,28-7)21(18,2)3)24-13-12-16-10-9-11-17(14-16)19(27)26(5)6;/h9-11,14,18H,8,12-13,15H2,1-7H3,(H2,23,24,25);1H. The molecule has 1 aromatic carbocycles. The van der Waals surface area contributed by atoms with E-state index in [-0.39, 0.29) is 40.9 Å². The van der Waals surface area contributed by atoms with Gasteiger partial charge >= 0.3 is 0 Å². The Labute approximate surface area is 192 Å². The Morgan fingerprint density at radius 2 is 2.00 bits per heavy atom. The van der Waals surface area contributed by atoms with E-state index in [4.69, 9.17) is 9.73 Å². The van der Waals surface area contributed by atoms with E-state index in [0.717, 1.165) is 30.9 Å². The van der Waals surface area contributed by atoms with E-state index >= 15 is 0 Å². The number of aliphatic imine (C=N–C) groups is 1. The summed E-state index contributed by atoms with van der Waals surface area (Å²) in [5, 5.41) is 6.90. The molecule has 29 heavy (non-hydrogen) atoms. The minimum atomic E-state index is -0.110. The summed E-state index contributed by atoms with van der Waals surface area (Å²) >= 11 is 0. The van der Waals surface area contributed by atoms with Crippen LogP contribution < -0.4 is 10.6 Å². The Hall–Kier alpha value is -1.35. The third-order valence-corrected chi connectivity index (χ3v) is 6.18. The van der Waals surface area contributed by atoms with Crippen molar-refractivity contribution in [3.8, 4) is 0 Å². The quantitative estimate of drug-likeness (QED) is 0.332. The van der Waals surface area contributed by atoms with Crippen LogP contribution >= 0.6 is 24.0 Å². The van der Waals surface area contributed by atoms with Gasteiger partial charge in [-0.05, 0) is 44.4 Å². The predicted octanol–water partition coefficient (Wildman–Crippen LogP) is 3.31. The number of carbonyl (C=O) groups excluding carboxylic acids is 1. The first-order valence-electron chi connectivity index (χ1n) is 10.0. The van der Waals surface area contributed by atoms with Crippen LogP contribution in [0, 0.1) is 5.41 Å². The van der Waals surface area contributed by atoms with Crippen LogP contribution in [-0.4, -0.2) is 62.7 Å². The molecule has 2 N–H and O–H groups in total. The second-order valence-corrected chi connectivity index (χ2v) is 8.47. The molecule has 0 bridgehead atoms. The lowest BCUT2D eigenvalue weighted by atomic mass is 9.56. The number of rotatable bonds is 7. The number of hydrogen-bond donors (Lipinski definition) is 2. The molecule has 1 aliphatic carbocycles. The molecular weight excluding hydrogens is 479 g/mol. The van der Waals surface area contributed by atoms with Crippen molar-refractivity contribution in [3.63, 3.8) is 0 Å². The Balaban J connectivity index is 0.00000420. The van der Waals surface area contributed by atoms with Crippen LogP contribution in [0.2, 0.25) is 0 Å². The molecule has 2 rings (SSSR count). The largest absolute Gasteiger partial charge is 0.378 e. The number of carbonyl (C=O) groups is 1. The number of methoxy groups -OCH3 is 1. The van der Waals surface area contributed by atoms with Crippen LogP contribution in [-0.2, 0) is 11.2 Å². The predicted molar refractivity (Wildman–Crippen MR) is 130 cm³/mol. The molecule has 2 unspecified atom stereocenters. The fourth-order valence-electron chi connectivity index (χ4n) is 3.62. The van der Waals surface area contributed by atoms with Crippen molar-refractivity contribution in [1.82, 2.24) is 15.5 Å². The fraction of sp³-hybridized carbons (Fsp3) is 0.636. The molecule has 6 nitrogen and oxygen atoms in total. The molecule has 1 amide bonds. The van der Waals surface area contributed by atoms with E-state index in [1.54, 1.807) is 26.1 Å². The molecule has 0 heterocycles. The highest BCUT2D eigenvalue weighted by molar-refractivity contribution is 14.0. The average Bonchev–Trinajstić information content (AvgIpc) is 2.66. The number of guanidine groups is 1. The van der Waals surface area contributed by atoms with Gasteiger partial charge in [-0.3, -0.25) is 9.79 Å². The van der Waals surface area contributed by atoms with Gasteiger partial charge in [0.2, 0.25) is 0 Å². The molecule has 0 spiro atoms. The molecule has 1 fully saturated rings. The number of amides is 1. The fourth-order valence-corrected chi connectivity index (χ4v) is 3.62. The lowest BCUT2D eigenvalue weighted by molar-refractivity contribution is -0.176. The maximum Gasteiger partial charge on any atom is 0.253 e. The Bertz CT molecular complexity index is 721. The average molecular weight is 516 g/mol. The smallest absolute Gasteiger partial charge is 0.253 e. The summed E-state index contributed by atoms with van der Waals surface area (Å²) in [6.45, 7) is 10.2. The van der Waals surface area contributed by atoms with Crippen LogP contribution in [0.15, 0.2) is 29.3 Å². The Morgan fingerprint density at radius 1 is 1.31 bits per heavy atom. The highest BCUT2D eigenvalue weighted by Gasteiger charge is 2.58. The first-order chi connectivity index (χ1) is 13.1. The molecule has 2 atom stereocenters. The topological polar surface area (TPSA) is 66.0 Å². The number of ether oxygens (including phenoxy) is 1. The van der Waals surface area contributed by atoms with E-state index in [1.165, 1.54) is 0 Å². The molecule has 0 aliphatic heterocycles. The van der Waals surface area contributed by atoms with Gasteiger partial charge in [0.05, 0.1) is 5.60 Å². The summed E-state index contributed by atoms with van der Waals surface area (Å²) in [6, 6.07) is 8.10. The molecular formula is C22H37IN4O2. The molecule has 1 aromatic rings. The molecule has 1 aliphatic rings. The highest BCUT2D eigenvalue weighted by Crippen LogP contribution is 2.51. The van der Waals surface area contributed by atoms with Gasteiger partial charge in [0.15, 0.2) is 5.96 Å². The lowest BCUT2D eigenvalue weighted by Crippen LogP contribution is -2.69. The highest BCUT2D eigenvalue weighted by atomic mass is 127. The number of nitrogens with one attached hydrogen (secondary N) is 2. The summed E-state index contributed by atoms with van der Waals surface area (Å²) in [4.78, 5) is 18.5. The normalized spacial score (nSPS) is 22.9. The maximum atomic E-state index is 12.1. The third-order valence-electron chi connectivity index (χ3n) is 6.18. The second-order valence-electron chi connectivity index (χ2n) is 8.47. The maximum absolute atomic E-state index is 12.1. The van der Waals surface area contributed by atoms with Crippen LogP contribution in [0.3, 0.4) is 0 Å². The van der Waals surface area contributed by atoms with Gasteiger partial charge in [-0.15, -0.1) is 24.0 Å². The number of nitrogens with zero attached hydrogens (tertiary/aromatic N) is 2. The van der Waals surface area contributed by atoms with Crippen LogP contribution in [0.4, 0.5) is 0 Å². The van der Waals surface area contributed by atoms with Gasteiger partial charge in [-0.1, -0.05) is 26.0 Å². The Morgan fingerprint density at radius 3 is 2.55 bits per heavy atom. The number of benzene rings is 1. The summed E-state index contributed by atoms with van der Waals surface area (Å²) in [6.07, 6.45) is 1.74. The zero-order chi connectivity index (χ0) is 20.9. The SMILES string of the molecule is CCNC(=NCCc1cccc(C(=O)N(C)C)c1)NC1CC(C)(OC)C1(C)C.I. The summed E-state index contributed by atoms with van der Waals surface area (Å²) in [7, 11) is 5.32. The molecule has 0 aromatic heterocycles. The van der Waals surface area contributed by atoms with Crippen LogP contribution in [0.5, 0.6) is 0 Å². The van der Waals surface area contributed by atoms with Crippen molar-refractivity contribution in [1.29, 1.82) is 0 Å². The molecule has 1 saturated carbocycles. The number of halogens is 1. The van der Waals surface area contributed by atoms with Crippen molar-refractivity contribution in [2.75, 3.05) is 34.3 Å². The van der Waals surface area contributed by atoms with Crippen molar-refractivity contribution in [2.45, 2.75) is 52.2 Å². The first kappa shape index (κ1) is 25.7.